The minimum Gasteiger partial charge on any atom is -0.127 e. The van der Waals surface area contributed by atoms with E-state index in [0.717, 1.165) is 5.92 Å². The molecule has 0 unspecified atom stereocenters. The van der Waals surface area contributed by atoms with Crippen LogP contribution in [0.25, 0.3) is 0 Å². The number of halogens is 1. The molecule has 0 aliphatic carbocycles. The predicted molar refractivity (Wildman–Crippen MR) is 43.3 cm³/mol. The van der Waals surface area contributed by atoms with Crippen molar-refractivity contribution in [2.75, 3.05) is 4.43 Å². The van der Waals surface area contributed by atoms with Crippen molar-refractivity contribution in [1.82, 2.24) is 0 Å². The van der Waals surface area contributed by atoms with Gasteiger partial charge in [-0.15, -0.1) is 20.7 Å². The van der Waals surface area contributed by atoms with Crippen molar-refractivity contribution in [2.45, 2.75) is 19.8 Å². The van der Waals surface area contributed by atoms with Gasteiger partial charge in [0.2, 0.25) is 0 Å². The van der Waals surface area contributed by atoms with Crippen molar-refractivity contribution >= 4 is 24.7 Å². The molecule has 0 bridgehead atoms. The lowest BCUT2D eigenvalue weighted by Gasteiger charge is -2.09. The van der Waals surface area contributed by atoms with Gasteiger partial charge in [-0.05, 0) is 23.2 Å². The lowest BCUT2D eigenvalue weighted by molar-refractivity contribution is 0.624. The molecule has 7 heavy (non-hydrogen) atoms. The van der Waals surface area contributed by atoms with Crippen molar-refractivity contribution in [3.05, 3.63) is 0 Å². The summed E-state index contributed by atoms with van der Waals surface area (Å²) < 4.78 is 4.05. The third-order valence-electron chi connectivity index (χ3n) is 1.23. The standard InChI is InChI=1S/C6H11I/c1-6-3-2-4-7-5-6/h4,6H,2-3,5H2,1H3/t6-/m0/s1. The minimum absolute atomic E-state index is 0.549. The van der Waals surface area contributed by atoms with E-state index in [1.54, 1.807) is 4.43 Å². The third-order valence-corrected chi connectivity index (χ3v) is 4.49. The third kappa shape index (κ3) is 1.89. The maximum Gasteiger partial charge on any atom is -0.00293 e. The minimum atomic E-state index is 0.549. The maximum absolute atomic E-state index is 2.51. The van der Waals surface area contributed by atoms with E-state index < -0.39 is 0 Å². The molecule has 0 aromatic rings. The molecule has 42 valence electrons. The molecule has 0 N–H and O–H groups in total. The van der Waals surface area contributed by atoms with Gasteiger partial charge >= 0.3 is 0 Å². The lowest BCUT2D eigenvalue weighted by Crippen LogP contribution is -1.99. The fourth-order valence-corrected chi connectivity index (χ4v) is 3.18. The fraction of sp³-hybridized carbons (Fsp3) is 0.833. The first-order chi connectivity index (χ1) is 3.39. The molecule has 0 saturated carbocycles. The van der Waals surface area contributed by atoms with Crippen molar-refractivity contribution < 1.29 is 0 Å². The van der Waals surface area contributed by atoms with E-state index in [2.05, 4.69) is 10.9 Å². The SMILES string of the molecule is C[C@H]1CCC=IC1. The largest absolute Gasteiger partial charge is 0.127 e. The quantitative estimate of drug-likeness (QED) is 0.424. The van der Waals surface area contributed by atoms with Gasteiger partial charge in [0.05, 0.1) is 0 Å². The molecule has 0 nitrogen and oxygen atoms in total. The number of hydrogen-bond donors (Lipinski definition) is 0. The maximum atomic E-state index is 2.51. The Hall–Kier alpha value is 0.600. The Morgan fingerprint density at radius 2 is 2.57 bits per heavy atom. The van der Waals surface area contributed by atoms with Crippen LogP contribution in [0, 0.1) is 5.92 Å². The highest BCUT2D eigenvalue weighted by atomic mass is 127. The highest BCUT2D eigenvalue weighted by Crippen LogP contribution is 2.17. The molecule has 1 atom stereocenters. The second-order valence-electron chi connectivity index (χ2n) is 2.15. The zero-order valence-electron chi connectivity index (χ0n) is 4.65. The molecule has 0 spiro atoms. The summed E-state index contributed by atoms with van der Waals surface area (Å²) in [5, 5.41) is 0. The molecule has 0 saturated heterocycles. The summed E-state index contributed by atoms with van der Waals surface area (Å²) >= 11 is 0.549. The summed E-state index contributed by atoms with van der Waals surface area (Å²) in [5.41, 5.74) is 0. The molecule has 1 aliphatic rings. The van der Waals surface area contributed by atoms with Gasteiger partial charge in [0.15, 0.2) is 0 Å². The van der Waals surface area contributed by atoms with E-state index in [-0.39, 0.29) is 0 Å². The van der Waals surface area contributed by atoms with E-state index in [0.29, 0.717) is 20.7 Å². The Morgan fingerprint density at radius 3 is 2.86 bits per heavy atom. The Labute approximate surface area is 55.1 Å². The summed E-state index contributed by atoms with van der Waals surface area (Å²) in [6.45, 7) is 2.37. The fourth-order valence-electron chi connectivity index (χ4n) is 0.717. The average molecular weight is 210 g/mol. The van der Waals surface area contributed by atoms with Crippen LogP contribution >= 0.6 is 20.7 Å². The Bertz CT molecular complexity index is 76.2. The second-order valence-corrected chi connectivity index (χ2v) is 4.79. The average Bonchev–Trinajstić information content (AvgIpc) is 1.69. The van der Waals surface area contributed by atoms with Crippen LogP contribution < -0.4 is 0 Å². The summed E-state index contributed by atoms with van der Waals surface area (Å²) in [6.07, 6.45) is 2.87. The van der Waals surface area contributed by atoms with Crippen LogP contribution in [0.1, 0.15) is 19.8 Å². The first kappa shape index (κ1) is 5.73. The Balaban J connectivity index is 2.32. The van der Waals surface area contributed by atoms with Crippen molar-refractivity contribution in [3.8, 4) is 0 Å². The lowest BCUT2D eigenvalue weighted by atomic mass is 10.1. The van der Waals surface area contributed by atoms with Crippen LogP contribution in [-0.4, -0.2) is 8.44 Å². The van der Waals surface area contributed by atoms with E-state index in [1.165, 1.54) is 12.8 Å². The van der Waals surface area contributed by atoms with Gasteiger partial charge in [0, 0.05) is 0 Å². The summed E-state index contributed by atoms with van der Waals surface area (Å²) in [4.78, 5) is 0. The molecule has 0 aromatic heterocycles. The number of alkyl halides is 1. The molecule has 0 radical (unpaired) electrons. The molecule has 0 amide bonds. The van der Waals surface area contributed by atoms with E-state index in [9.17, 15) is 0 Å². The monoisotopic (exact) mass is 210 g/mol. The Kier molecular flexibility index (Phi) is 2.29. The molecular formula is C6H11I. The highest BCUT2D eigenvalue weighted by Gasteiger charge is 2.01. The van der Waals surface area contributed by atoms with Gasteiger partial charge in [0.1, 0.15) is 0 Å². The Morgan fingerprint density at radius 1 is 1.71 bits per heavy atom. The topological polar surface area (TPSA) is 0 Å². The zero-order chi connectivity index (χ0) is 5.11. The van der Waals surface area contributed by atoms with Crippen LogP contribution in [0.3, 0.4) is 0 Å². The molecular weight excluding hydrogens is 199 g/mol. The predicted octanol–water partition coefficient (Wildman–Crippen LogP) is 2.19. The molecule has 0 aromatic carbocycles. The second kappa shape index (κ2) is 2.80. The smallest absolute Gasteiger partial charge is 0.00293 e. The van der Waals surface area contributed by atoms with Crippen molar-refractivity contribution in [1.29, 1.82) is 0 Å². The van der Waals surface area contributed by atoms with Crippen molar-refractivity contribution in [2.24, 2.45) is 5.92 Å². The van der Waals surface area contributed by atoms with Gasteiger partial charge in [-0.1, -0.05) is 10.9 Å². The normalized spacial score (nSPS) is 31.9. The highest BCUT2D eigenvalue weighted by molar-refractivity contribution is 14.2. The number of rotatable bonds is 0. The molecule has 1 heteroatoms. The van der Waals surface area contributed by atoms with E-state index >= 15 is 0 Å². The van der Waals surface area contributed by atoms with Crippen LogP contribution in [0.2, 0.25) is 0 Å². The molecule has 1 aliphatic heterocycles. The summed E-state index contributed by atoms with van der Waals surface area (Å²) in [5.74, 6) is 1.05. The summed E-state index contributed by atoms with van der Waals surface area (Å²) in [6, 6.07) is 0. The zero-order valence-corrected chi connectivity index (χ0v) is 6.81. The van der Waals surface area contributed by atoms with Gasteiger partial charge in [-0.3, -0.25) is 0 Å². The van der Waals surface area contributed by atoms with Crippen LogP contribution in [0.15, 0.2) is 0 Å². The van der Waals surface area contributed by atoms with Gasteiger partial charge in [0.25, 0.3) is 0 Å². The van der Waals surface area contributed by atoms with E-state index in [4.69, 9.17) is 0 Å². The van der Waals surface area contributed by atoms with E-state index in [1.807, 2.05) is 0 Å². The molecule has 0 fully saturated rings. The van der Waals surface area contributed by atoms with Crippen LogP contribution in [0.5, 0.6) is 0 Å². The first-order valence-electron chi connectivity index (χ1n) is 2.79. The van der Waals surface area contributed by atoms with Crippen molar-refractivity contribution in [3.63, 3.8) is 0 Å². The van der Waals surface area contributed by atoms with Crippen LogP contribution in [0.4, 0.5) is 0 Å². The summed E-state index contributed by atoms with van der Waals surface area (Å²) in [7, 11) is 0. The number of hydrogen-bond acceptors (Lipinski definition) is 0. The van der Waals surface area contributed by atoms with Gasteiger partial charge < -0.3 is 0 Å². The van der Waals surface area contributed by atoms with Gasteiger partial charge in [-0.25, -0.2) is 0 Å². The first-order valence-corrected chi connectivity index (χ1v) is 5.56. The van der Waals surface area contributed by atoms with Crippen LogP contribution in [-0.2, 0) is 0 Å². The molecule has 1 heterocycles. The molecule has 1 rings (SSSR count). The van der Waals surface area contributed by atoms with Gasteiger partial charge in [-0.2, -0.15) is 0 Å².